The van der Waals surface area contributed by atoms with Gasteiger partial charge in [-0.2, -0.15) is 17.5 Å². The summed E-state index contributed by atoms with van der Waals surface area (Å²) in [5.74, 6) is -0.497. The van der Waals surface area contributed by atoms with E-state index in [1.165, 1.54) is 4.90 Å². The van der Waals surface area contributed by atoms with Gasteiger partial charge < -0.3 is 15.0 Å². The van der Waals surface area contributed by atoms with E-state index in [0.717, 1.165) is 27.6 Å². The number of carbonyl (C=O) groups excluding carboxylic acids is 2. The van der Waals surface area contributed by atoms with Crippen LogP contribution in [0.2, 0.25) is 0 Å². The van der Waals surface area contributed by atoms with E-state index < -0.39 is 33.7 Å². The van der Waals surface area contributed by atoms with Gasteiger partial charge in [-0.15, -0.1) is 0 Å². The molecule has 1 N–H and O–H groups in total. The highest BCUT2D eigenvalue weighted by atomic mass is 32.2. The lowest BCUT2D eigenvalue weighted by atomic mass is 10.0. The molecule has 0 saturated carbocycles. The van der Waals surface area contributed by atoms with E-state index in [2.05, 4.69) is 19.2 Å². The highest BCUT2D eigenvalue weighted by Crippen LogP contribution is 2.31. The van der Waals surface area contributed by atoms with Crippen LogP contribution in [0.25, 0.3) is 0 Å². The van der Waals surface area contributed by atoms with Crippen molar-refractivity contribution in [3.05, 3.63) is 65.2 Å². The van der Waals surface area contributed by atoms with Crippen molar-refractivity contribution in [2.75, 3.05) is 52.5 Å². The zero-order chi connectivity index (χ0) is 29.8. The summed E-state index contributed by atoms with van der Waals surface area (Å²) in [5.41, 5.74) is 0.972. The molecule has 2 aromatic rings. The van der Waals surface area contributed by atoms with Gasteiger partial charge in [0.15, 0.2) is 0 Å². The minimum Gasteiger partial charge on any atom is -0.379 e. The first-order valence-electron chi connectivity index (χ1n) is 13.5. The molecular weight excluding hydrogens is 561 g/mol. The minimum atomic E-state index is -4.62. The Balaban J connectivity index is 1.53. The van der Waals surface area contributed by atoms with E-state index in [0.29, 0.717) is 44.4 Å². The quantitative estimate of drug-likeness (QED) is 0.503. The summed E-state index contributed by atoms with van der Waals surface area (Å²) in [5, 5.41) is 2.78. The van der Waals surface area contributed by atoms with Gasteiger partial charge in [-0.1, -0.05) is 38.1 Å². The third-order valence-electron chi connectivity index (χ3n) is 7.35. The molecule has 2 aromatic carbocycles. The van der Waals surface area contributed by atoms with E-state index in [1.807, 2.05) is 29.2 Å². The predicted octanol–water partition coefficient (Wildman–Crippen LogP) is 2.68. The Labute approximate surface area is 238 Å². The molecule has 0 aromatic heterocycles. The fraction of sp³-hybridized carbons (Fsp3) is 0.500. The van der Waals surface area contributed by atoms with Crippen molar-refractivity contribution in [1.82, 2.24) is 19.4 Å². The summed E-state index contributed by atoms with van der Waals surface area (Å²) in [6.45, 7) is 6.28. The first kappa shape index (κ1) is 30.9. The van der Waals surface area contributed by atoms with Gasteiger partial charge in [-0.25, -0.2) is 8.42 Å². The Hall–Kier alpha value is -3.00. The third-order valence-corrected chi connectivity index (χ3v) is 9.27. The molecule has 1 atom stereocenters. The maximum Gasteiger partial charge on any atom is 0.416 e. The van der Waals surface area contributed by atoms with Crippen LogP contribution in [-0.2, 0) is 37.1 Å². The average molecular weight is 597 g/mol. The molecule has 0 spiro atoms. The number of nitrogens with one attached hydrogen (secondary N) is 1. The predicted molar refractivity (Wildman–Crippen MR) is 145 cm³/mol. The Morgan fingerprint density at radius 3 is 2.20 bits per heavy atom. The smallest absolute Gasteiger partial charge is 0.379 e. The van der Waals surface area contributed by atoms with E-state index >= 15 is 0 Å². The Bertz CT molecular complexity index is 1310. The fourth-order valence-corrected chi connectivity index (χ4v) is 6.39. The lowest BCUT2D eigenvalue weighted by Crippen LogP contribution is -2.62. The standard InChI is InChI=1S/C28H35F3N4O5S/c1-20(2)22-5-3-21(4-6-22)17-32-27(37)25-18-34(26(36)19-33-13-15-40-16-14-33)11-12-35(25)41(38,39)24-9-7-23(8-10-24)28(29,30)31/h3-10,20,25H,11-19H2,1-2H3,(H,32,37)/t25-/m1/s1. The van der Waals surface area contributed by atoms with Crippen LogP contribution in [0, 0.1) is 0 Å². The number of halogens is 3. The number of alkyl halides is 3. The SMILES string of the molecule is CC(C)c1ccc(CNC(=O)[C@H]2CN(C(=O)CN3CCOCC3)CCN2S(=O)(=O)c2ccc(C(F)(F)F)cc2)cc1. The van der Waals surface area contributed by atoms with Crippen molar-refractivity contribution >= 4 is 21.8 Å². The number of ether oxygens (including phenoxy) is 1. The Morgan fingerprint density at radius 2 is 1.61 bits per heavy atom. The van der Waals surface area contributed by atoms with Crippen LogP contribution in [0.1, 0.15) is 36.5 Å². The van der Waals surface area contributed by atoms with E-state index in [1.54, 1.807) is 0 Å². The third kappa shape index (κ3) is 7.64. The van der Waals surface area contributed by atoms with Gasteiger partial charge in [0.25, 0.3) is 0 Å². The molecule has 0 unspecified atom stereocenters. The van der Waals surface area contributed by atoms with Gasteiger partial charge >= 0.3 is 6.18 Å². The number of piperazine rings is 1. The molecule has 0 radical (unpaired) electrons. The molecule has 2 fully saturated rings. The van der Waals surface area contributed by atoms with Crippen LogP contribution in [-0.4, -0.2) is 92.9 Å². The molecule has 4 rings (SSSR count). The van der Waals surface area contributed by atoms with Gasteiger partial charge in [0, 0.05) is 39.3 Å². The first-order valence-corrected chi connectivity index (χ1v) is 14.9. The first-order chi connectivity index (χ1) is 19.4. The summed E-state index contributed by atoms with van der Waals surface area (Å²) in [4.78, 5) is 29.6. The number of morpholine rings is 1. The van der Waals surface area contributed by atoms with Crippen molar-refractivity contribution in [3.8, 4) is 0 Å². The van der Waals surface area contributed by atoms with E-state index in [4.69, 9.17) is 4.74 Å². The Kier molecular flexibility index (Phi) is 9.73. The number of rotatable bonds is 8. The molecule has 0 aliphatic carbocycles. The highest BCUT2D eigenvalue weighted by molar-refractivity contribution is 7.89. The Morgan fingerprint density at radius 1 is 0.976 bits per heavy atom. The fourth-order valence-electron chi connectivity index (χ4n) is 4.82. The number of sulfonamides is 1. The summed E-state index contributed by atoms with van der Waals surface area (Å²) in [6, 6.07) is 9.59. The van der Waals surface area contributed by atoms with Gasteiger partial charge in [-0.05, 0) is 41.3 Å². The second-order valence-corrected chi connectivity index (χ2v) is 12.4. The van der Waals surface area contributed by atoms with Gasteiger partial charge in [0.2, 0.25) is 21.8 Å². The summed E-state index contributed by atoms with van der Waals surface area (Å²) in [6.07, 6.45) is -4.62. The summed E-state index contributed by atoms with van der Waals surface area (Å²) < 4.78 is 72.6. The second kappa shape index (κ2) is 12.9. The van der Waals surface area contributed by atoms with Crippen LogP contribution in [0.3, 0.4) is 0 Å². The van der Waals surface area contributed by atoms with Gasteiger partial charge in [-0.3, -0.25) is 14.5 Å². The van der Waals surface area contributed by atoms with Crippen LogP contribution < -0.4 is 5.32 Å². The van der Waals surface area contributed by atoms with E-state index in [9.17, 15) is 31.2 Å². The van der Waals surface area contributed by atoms with Crippen molar-refractivity contribution < 1.29 is 35.9 Å². The monoisotopic (exact) mass is 596 g/mol. The molecule has 13 heteroatoms. The van der Waals surface area contributed by atoms with Crippen molar-refractivity contribution in [1.29, 1.82) is 0 Å². The topological polar surface area (TPSA) is 99.3 Å². The molecule has 2 amide bonds. The van der Waals surface area contributed by atoms with Crippen LogP contribution in [0.4, 0.5) is 13.2 Å². The van der Waals surface area contributed by atoms with Crippen molar-refractivity contribution in [2.24, 2.45) is 0 Å². The molecule has 41 heavy (non-hydrogen) atoms. The normalized spacial score (nSPS) is 19.4. The number of nitrogens with zero attached hydrogens (tertiary/aromatic N) is 3. The number of amides is 2. The highest BCUT2D eigenvalue weighted by Gasteiger charge is 2.42. The van der Waals surface area contributed by atoms with Crippen LogP contribution >= 0.6 is 0 Å². The molecule has 9 nitrogen and oxygen atoms in total. The molecular formula is C28H35F3N4O5S. The number of hydrogen-bond acceptors (Lipinski definition) is 6. The van der Waals surface area contributed by atoms with Gasteiger partial charge in [0.05, 0.1) is 30.2 Å². The largest absolute Gasteiger partial charge is 0.416 e. The maximum absolute atomic E-state index is 13.6. The number of carbonyl (C=O) groups is 2. The molecule has 0 bridgehead atoms. The van der Waals surface area contributed by atoms with Crippen molar-refractivity contribution in [2.45, 2.75) is 43.4 Å². The van der Waals surface area contributed by atoms with Crippen LogP contribution in [0.5, 0.6) is 0 Å². The zero-order valence-electron chi connectivity index (χ0n) is 23.1. The minimum absolute atomic E-state index is 0.0451. The number of benzene rings is 2. The zero-order valence-corrected chi connectivity index (χ0v) is 23.9. The lowest BCUT2D eigenvalue weighted by molar-refractivity contribution is -0.138. The van der Waals surface area contributed by atoms with Gasteiger partial charge in [0.1, 0.15) is 6.04 Å². The molecule has 224 valence electrons. The maximum atomic E-state index is 13.6. The lowest BCUT2D eigenvalue weighted by Gasteiger charge is -2.40. The summed E-state index contributed by atoms with van der Waals surface area (Å²) >= 11 is 0. The van der Waals surface area contributed by atoms with E-state index in [-0.39, 0.29) is 43.5 Å². The average Bonchev–Trinajstić information content (AvgIpc) is 2.96. The second-order valence-electron chi connectivity index (χ2n) is 10.5. The molecule has 2 aliphatic heterocycles. The molecule has 2 saturated heterocycles. The number of hydrogen-bond donors (Lipinski definition) is 1. The molecule has 2 aliphatic rings. The van der Waals surface area contributed by atoms with Crippen LogP contribution in [0.15, 0.2) is 53.4 Å². The van der Waals surface area contributed by atoms with Crippen molar-refractivity contribution in [3.63, 3.8) is 0 Å². The summed E-state index contributed by atoms with van der Waals surface area (Å²) in [7, 11) is -4.35. The molecule has 2 heterocycles.